The molecule has 0 heterocycles. The molecule has 2 aromatic carbocycles. The average molecular weight is 371 g/mol. The Morgan fingerprint density at radius 2 is 1.76 bits per heavy atom. The van der Waals surface area contributed by atoms with Gasteiger partial charge in [0, 0.05) is 10.0 Å². The summed E-state index contributed by atoms with van der Waals surface area (Å²) in [6, 6.07) is 10.3. The molecule has 0 saturated carbocycles. The van der Waals surface area contributed by atoms with Crippen molar-refractivity contribution < 1.29 is 18.6 Å². The predicted molar refractivity (Wildman–Crippen MR) is 81.8 cm³/mol. The number of rotatable bonds is 4. The topological polar surface area (TPSA) is 99.0 Å². The standard InChI is InChI=1S/C13H11BrN2O4S/c14-10-4-6-11(7-5-10)21(19,20)16-15-8-9-2-1-3-12(17)13(9)18/h1-8,16-18H. The number of sulfonamides is 1. The van der Waals surface area contributed by atoms with E-state index >= 15 is 0 Å². The zero-order valence-electron chi connectivity index (χ0n) is 10.6. The Labute approximate surface area is 129 Å². The van der Waals surface area contributed by atoms with E-state index in [1.807, 2.05) is 4.83 Å². The van der Waals surface area contributed by atoms with Crippen molar-refractivity contribution in [2.24, 2.45) is 5.10 Å². The third-order valence-corrected chi connectivity index (χ3v) is 4.31. The van der Waals surface area contributed by atoms with Crippen LogP contribution < -0.4 is 4.83 Å². The van der Waals surface area contributed by atoms with Gasteiger partial charge in [0.1, 0.15) is 0 Å². The van der Waals surface area contributed by atoms with Crippen molar-refractivity contribution in [2.75, 3.05) is 0 Å². The van der Waals surface area contributed by atoms with Crippen LogP contribution in [-0.2, 0) is 10.0 Å². The minimum Gasteiger partial charge on any atom is -0.504 e. The molecule has 0 bridgehead atoms. The first kappa shape index (κ1) is 15.3. The number of halogens is 1. The summed E-state index contributed by atoms with van der Waals surface area (Å²) in [6.45, 7) is 0. The van der Waals surface area contributed by atoms with E-state index in [0.29, 0.717) is 0 Å². The van der Waals surface area contributed by atoms with Gasteiger partial charge >= 0.3 is 0 Å². The van der Waals surface area contributed by atoms with Gasteiger partial charge in [0.15, 0.2) is 11.5 Å². The summed E-state index contributed by atoms with van der Waals surface area (Å²) in [7, 11) is -3.78. The zero-order chi connectivity index (χ0) is 15.5. The fourth-order valence-electron chi connectivity index (χ4n) is 1.48. The van der Waals surface area contributed by atoms with Crippen LogP contribution in [0.4, 0.5) is 0 Å². The van der Waals surface area contributed by atoms with Gasteiger partial charge in [0.05, 0.1) is 11.1 Å². The minimum absolute atomic E-state index is 0.0583. The van der Waals surface area contributed by atoms with E-state index in [9.17, 15) is 18.6 Å². The van der Waals surface area contributed by atoms with Gasteiger partial charge in [-0.3, -0.25) is 0 Å². The number of phenols is 2. The summed E-state index contributed by atoms with van der Waals surface area (Å²) in [4.78, 5) is 2.08. The highest BCUT2D eigenvalue weighted by atomic mass is 79.9. The Hall–Kier alpha value is -2.06. The van der Waals surface area contributed by atoms with Crippen molar-refractivity contribution in [2.45, 2.75) is 4.90 Å². The second kappa shape index (κ2) is 6.15. The Morgan fingerprint density at radius 1 is 1.10 bits per heavy atom. The molecule has 0 unspecified atom stereocenters. The van der Waals surface area contributed by atoms with Crippen LogP contribution in [-0.4, -0.2) is 24.8 Å². The lowest BCUT2D eigenvalue weighted by Gasteiger charge is -2.04. The van der Waals surface area contributed by atoms with Gasteiger partial charge in [-0.2, -0.15) is 13.5 Å². The van der Waals surface area contributed by atoms with E-state index in [2.05, 4.69) is 21.0 Å². The summed E-state index contributed by atoms with van der Waals surface area (Å²) in [5.74, 6) is -0.682. The lowest BCUT2D eigenvalue weighted by Crippen LogP contribution is -2.18. The monoisotopic (exact) mass is 370 g/mol. The van der Waals surface area contributed by atoms with Crippen LogP contribution in [0.1, 0.15) is 5.56 Å². The van der Waals surface area contributed by atoms with Crippen LogP contribution in [0.15, 0.2) is 56.9 Å². The molecule has 6 nitrogen and oxygen atoms in total. The van der Waals surface area contributed by atoms with Gasteiger partial charge < -0.3 is 10.2 Å². The molecule has 0 aliphatic rings. The molecule has 3 N–H and O–H groups in total. The summed E-state index contributed by atoms with van der Waals surface area (Å²) in [5.41, 5.74) is 0.188. The Bertz CT molecular complexity index is 773. The molecule has 21 heavy (non-hydrogen) atoms. The molecule has 0 radical (unpaired) electrons. The van der Waals surface area contributed by atoms with Crippen molar-refractivity contribution in [1.82, 2.24) is 4.83 Å². The van der Waals surface area contributed by atoms with Gasteiger partial charge in [0.2, 0.25) is 0 Å². The van der Waals surface area contributed by atoms with Gasteiger partial charge in [-0.1, -0.05) is 22.0 Å². The quantitative estimate of drug-likeness (QED) is 0.436. The SMILES string of the molecule is O=S(=O)(NN=Cc1cccc(O)c1O)c1ccc(Br)cc1. The zero-order valence-corrected chi connectivity index (χ0v) is 13.0. The molecule has 2 aromatic rings. The van der Waals surface area contributed by atoms with Crippen molar-refractivity contribution in [3.63, 3.8) is 0 Å². The lowest BCUT2D eigenvalue weighted by molar-refractivity contribution is 0.403. The van der Waals surface area contributed by atoms with Gasteiger partial charge in [-0.25, -0.2) is 4.83 Å². The highest BCUT2D eigenvalue weighted by molar-refractivity contribution is 9.10. The maximum Gasteiger partial charge on any atom is 0.276 e. The molecule has 0 aromatic heterocycles. The highest BCUT2D eigenvalue weighted by Gasteiger charge is 2.12. The van der Waals surface area contributed by atoms with Crippen LogP contribution in [0.25, 0.3) is 0 Å². The van der Waals surface area contributed by atoms with Gasteiger partial charge in [-0.05, 0) is 36.4 Å². The number of benzene rings is 2. The number of phenolic OH excluding ortho intramolecular Hbond substituents is 2. The Balaban J connectivity index is 2.16. The Kier molecular flexibility index (Phi) is 4.49. The maximum atomic E-state index is 11.9. The number of hydrogen-bond donors (Lipinski definition) is 3. The highest BCUT2D eigenvalue weighted by Crippen LogP contribution is 2.26. The molecule has 0 amide bonds. The molecular weight excluding hydrogens is 360 g/mol. The molecule has 0 aliphatic heterocycles. The van der Waals surface area contributed by atoms with Crippen LogP contribution in [0.5, 0.6) is 11.5 Å². The number of aromatic hydroxyl groups is 2. The molecule has 0 saturated heterocycles. The average Bonchev–Trinajstić information content (AvgIpc) is 2.44. The fourth-order valence-corrected chi connectivity index (χ4v) is 2.54. The second-order valence-electron chi connectivity index (χ2n) is 4.02. The molecule has 110 valence electrons. The lowest BCUT2D eigenvalue weighted by atomic mass is 10.2. The first-order chi connectivity index (χ1) is 9.90. The largest absolute Gasteiger partial charge is 0.504 e. The van der Waals surface area contributed by atoms with Crippen LogP contribution in [0, 0.1) is 0 Å². The van der Waals surface area contributed by atoms with E-state index in [1.54, 1.807) is 12.1 Å². The third kappa shape index (κ3) is 3.73. The van der Waals surface area contributed by atoms with Gasteiger partial charge in [-0.15, -0.1) is 0 Å². The van der Waals surface area contributed by atoms with E-state index in [-0.39, 0.29) is 22.0 Å². The van der Waals surface area contributed by atoms with Gasteiger partial charge in [0.25, 0.3) is 10.0 Å². The summed E-state index contributed by atoms with van der Waals surface area (Å²) < 4.78 is 24.6. The van der Waals surface area contributed by atoms with Crippen molar-refractivity contribution in [3.8, 4) is 11.5 Å². The first-order valence-electron chi connectivity index (χ1n) is 5.71. The van der Waals surface area contributed by atoms with Crippen LogP contribution >= 0.6 is 15.9 Å². The molecule has 0 fully saturated rings. The minimum atomic E-state index is -3.78. The van der Waals surface area contributed by atoms with Crippen molar-refractivity contribution >= 4 is 32.2 Å². The molecule has 0 atom stereocenters. The summed E-state index contributed by atoms with van der Waals surface area (Å²) in [5, 5.41) is 22.4. The van der Waals surface area contributed by atoms with E-state index in [4.69, 9.17) is 0 Å². The molecular formula is C13H11BrN2O4S. The molecule has 2 rings (SSSR count). The number of hydrazone groups is 1. The van der Waals surface area contributed by atoms with E-state index in [0.717, 1.165) is 10.7 Å². The smallest absolute Gasteiger partial charge is 0.276 e. The third-order valence-electron chi connectivity index (χ3n) is 2.55. The van der Waals surface area contributed by atoms with Crippen LogP contribution in [0.3, 0.4) is 0 Å². The Morgan fingerprint density at radius 3 is 2.43 bits per heavy atom. The normalized spacial score (nSPS) is 11.7. The number of nitrogens with one attached hydrogen (secondary N) is 1. The molecule has 8 heteroatoms. The molecule has 0 spiro atoms. The van der Waals surface area contributed by atoms with Crippen LogP contribution in [0.2, 0.25) is 0 Å². The molecule has 0 aliphatic carbocycles. The predicted octanol–water partition coefficient (Wildman–Crippen LogP) is 2.17. The van der Waals surface area contributed by atoms with E-state index < -0.39 is 10.0 Å². The maximum absolute atomic E-state index is 11.9. The first-order valence-corrected chi connectivity index (χ1v) is 7.99. The van der Waals surface area contributed by atoms with Crippen molar-refractivity contribution in [1.29, 1.82) is 0 Å². The number of para-hydroxylation sites is 1. The fraction of sp³-hybridized carbons (Fsp3) is 0. The summed E-state index contributed by atoms with van der Waals surface area (Å²) in [6.07, 6.45) is 1.10. The summed E-state index contributed by atoms with van der Waals surface area (Å²) >= 11 is 3.21. The number of hydrogen-bond acceptors (Lipinski definition) is 5. The van der Waals surface area contributed by atoms with E-state index in [1.165, 1.54) is 30.3 Å². The second-order valence-corrected chi connectivity index (χ2v) is 6.60. The van der Waals surface area contributed by atoms with Crippen molar-refractivity contribution in [3.05, 3.63) is 52.5 Å². The number of nitrogens with zero attached hydrogens (tertiary/aromatic N) is 1.